The molecule has 1 N–H and O–H groups in total. The van der Waals surface area contributed by atoms with Gasteiger partial charge in [-0.1, -0.05) is 13.8 Å². The number of hydrogen-bond donors (Lipinski definition) is 1. The van der Waals surface area contributed by atoms with Gasteiger partial charge in [-0.2, -0.15) is 0 Å². The van der Waals surface area contributed by atoms with E-state index in [2.05, 4.69) is 0 Å². The van der Waals surface area contributed by atoms with Crippen LogP contribution >= 0.6 is 0 Å². The summed E-state index contributed by atoms with van der Waals surface area (Å²) in [7, 11) is -3.48. The van der Waals surface area contributed by atoms with E-state index in [0.717, 1.165) is 0 Å². The first kappa shape index (κ1) is 11.5. The molecule has 1 fully saturated rings. The Morgan fingerprint density at radius 1 is 1.43 bits per heavy atom. The minimum absolute atomic E-state index is 0.0168. The lowest BCUT2D eigenvalue weighted by atomic mass is 9.84. The Hall–Kier alpha value is -0.580. The summed E-state index contributed by atoms with van der Waals surface area (Å²) in [6, 6.07) is 0. The number of sulfone groups is 1. The van der Waals surface area contributed by atoms with Gasteiger partial charge in [-0.15, -0.1) is 0 Å². The van der Waals surface area contributed by atoms with Crippen molar-refractivity contribution < 1.29 is 18.3 Å². The summed E-state index contributed by atoms with van der Waals surface area (Å²) < 4.78 is 22.2. The van der Waals surface area contributed by atoms with Gasteiger partial charge in [0, 0.05) is 0 Å². The fraction of sp³-hybridized carbons (Fsp3) is 0.889. The van der Waals surface area contributed by atoms with Crippen molar-refractivity contribution in [3.8, 4) is 0 Å². The smallest absolute Gasteiger partial charge is 0.325 e. The summed E-state index contributed by atoms with van der Waals surface area (Å²) >= 11 is 0. The van der Waals surface area contributed by atoms with Gasteiger partial charge in [0.2, 0.25) is 0 Å². The Kier molecular flexibility index (Phi) is 2.90. The van der Waals surface area contributed by atoms with Gasteiger partial charge >= 0.3 is 5.97 Å². The third-order valence-electron chi connectivity index (χ3n) is 2.70. The van der Waals surface area contributed by atoms with E-state index in [9.17, 15) is 13.2 Å². The second kappa shape index (κ2) is 3.53. The van der Waals surface area contributed by atoms with E-state index in [1.807, 2.05) is 0 Å². The maximum atomic E-state index is 11.8. The van der Waals surface area contributed by atoms with Crippen molar-refractivity contribution in [2.45, 2.75) is 37.9 Å². The molecule has 1 aliphatic carbocycles. The third kappa shape index (κ3) is 1.65. The van der Waals surface area contributed by atoms with Gasteiger partial charge in [0.25, 0.3) is 0 Å². The third-order valence-corrected chi connectivity index (χ3v) is 5.58. The van der Waals surface area contributed by atoms with Crippen molar-refractivity contribution in [3.05, 3.63) is 0 Å². The van der Waals surface area contributed by atoms with Crippen molar-refractivity contribution in [3.63, 3.8) is 0 Å². The van der Waals surface area contributed by atoms with Crippen LogP contribution in [-0.4, -0.2) is 30.0 Å². The molecule has 0 atom stereocenters. The summed E-state index contributed by atoms with van der Waals surface area (Å²) in [6.45, 7) is 3.57. The standard InChI is InChI=1S/C9H16O4S/c1-7(2)6-14(12,13)9(8(10)11)4-3-5-9/h7H,3-6H2,1-2H3,(H,10,11). The second-order valence-electron chi connectivity index (χ2n) is 4.33. The molecule has 1 aliphatic rings. The van der Waals surface area contributed by atoms with E-state index in [1.165, 1.54) is 0 Å². The monoisotopic (exact) mass is 220 g/mol. The van der Waals surface area contributed by atoms with E-state index in [1.54, 1.807) is 13.8 Å². The Morgan fingerprint density at radius 3 is 2.14 bits per heavy atom. The molecule has 0 heterocycles. The fourth-order valence-corrected chi connectivity index (χ4v) is 4.13. The molecule has 0 amide bonds. The van der Waals surface area contributed by atoms with Gasteiger partial charge in [0.05, 0.1) is 5.75 Å². The first-order valence-electron chi connectivity index (χ1n) is 4.77. The summed E-state index contributed by atoms with van der Waals surface area (Å²) in [5.41, 5.74) is 0. The van der Waals surface area contributed by atoms with Crippen molar-refractivity contribution in [1.29, 1.82) is 0 Å². The summed E-state index contributed by atoms with van der Waals surface area (Å²) in [6.07, 6.45) is 1.25. The van der Waals surface area contributed by atoms with E-state index in [-0.39, 0.29) is 24.5 Å². The second-order valence-corrected chi connectivity index (χ2v) is 6.67. The van der Waals surface area contributed by atoms with Gasteiger partial charge in [0.1, 0.15) is 0 Å². The van der Waals surface area contributed by atoms with Gasteiger partial charge in [-0.25, -0.2) is 8.42 Å². The highest BCUT2D eigenvalue weighted by Crippen LogP contribution is 2.40. The number of rotatable bonds is 4. The first-order chi connectivity index (χ1) is 6.32. The quantitative estimate of drug-likeness (QED) is 0.769. The lowest BCUT2D eigenvalue weighted by molar-refractivity contribution is -0.142. The molecule has 0 radical (unpaired) electrons. The predicted molar refractivity (Wildman–Crippen MR) is 52.8 cm³/mol. The van der Waals surface area contributed by atoms with E-state index in [0.29, 0.717) is 6.42 Å². The Morgan fingerprint density at radius 2 is 1.93 bits per heavy atom. The molecule has 0 saturated heterocycles. The predicted octanol–water partition coefficient (Wildman–Crippen LogP) is 1.06. The Bertz CT molecular complexity index is 325. The van der Waals surface area contributed by atoms with Crippen LogP contribution in [0.2, 0.25) is 0 Å². The van der Waals surface area contributed by atoms with Gasteiger partial charge in [0.15, 0.2) is 14.6 Å². The van der Waals surface area contributed by atoms with E-state index < -0.39 is 20.6 Å². The van der Waals surface area contributed by atoms with E-state index >= 15 is 0 Å². The van der Waals surface area contributed by atoms with Gasteiger partial charge in [-0.3, -0.25) is 4.79 Å². The van der Waals surface area contributed by atoms with Crippen LogP contribution in [0.3, 0.4) is 0 Å². The van der Waals surface area contributed by atoms with Crippen LogP contribution in [0.25, 0.3) is 0 Å². The Balaban J connectivity index is 2.95. The molecule has 1 rings (SSSR count). The van der Waals surface area contributed by atoms with Crippen LogP contribution < -0.4 is 0 Å². The molecule has 5 heteroatoms. The fourth-order valence-electron chi connectivity index (χ4n) is 1.75. The molecule has 1 saturated carbocycles. The zero-order valence-electron chi connectivity index (χ0n) is 8.49. The normalized spacial score (nSPS) is 20.5. The average Bonchev–Trinajstić information content (AvgIpc) is 1.75. The topological polar surface area (TPSA) is 71.4 Å². The molecule has 14 heavy (non-hydrogen) atoms. The molecule has 82 valence electrons. The van der Waals surface area contributed by atoms with Crippen molar-refractivity contribution >= 4 is 15.8 Å². The molecular formula is C9H16O4S. The van der Waals surface area contributed by atoms with Crippen LogP contribution in [0.1, 0.15) is 33.1 Å². The summed E-state index contributed by atoms with van der Waals surface area (Å²) in [5, 5.41) is 8.95. The lowest BCUT2D eigenvalue weighted by Crippen LogP contribution is -2.53. The maximum absolute atomic E-state index is 11.8. The highest BCUT2D eigenvalue weighted by molar-refractivity contribution is 7.93. The van der Waals surface area contributed by atoms with Crippen LogP contribution in [0.4, 0.5) is 0 Å². The van der Waals surface area contributed by atoms with Crippen LogP contribution in [-0.2, 0) is 14.6 Å². The largest absolute Gasteiger partial charge is 0.480 e. The van der Waals surface area contributed by atoms with Crippen molar-refractivity contribution in [2.75, 3.05) is 5.75 Å². The highest BCUT2D eigenvalue weighted by atomic mass is 32.2. The first-order valence-corrected chi connectivity index (χ1v) is 6.43. The summed E-state index contributed by atoms with van der Waals surface area (Å²) in [5.74, 6) is -1.22. The minimum Gasteiger partial charge on any atom is -0.480 e. The highest BCUT2D eigenvalue weighted by Gasteiger charge is 2.55. The van der Waals surface area contributed by atoms with Crippen molar-refractivity contribution in [1.82, 2.24) is 0 Å². The average molecular weight is 220 g/mol. The number of carbonyl (C=O) groups is 1. The van der Waals surface area contributed by atoms with Crippen molar-refractivity contribution in [2.24, 2.45) is 5.92 Å². The van der Waals surface area contributed by atoms with Crippen LogP contribution in [0.15, 0.2) is 0 Å². The number of hydrogen-bond acceptors (Lipinski definition) is 3. The number of carboxylic acid groups (broad SMARTS) is 1. The number of aliphatic carboxylic acids is 1. The molecule has 0 aromatic carbocycles. The molecule has 0 aromatic rings. The minimum atomic E-state index is -3.48. The van der Waals surface area contributed by atoms with Gasteiger partial charge < -0.3 is 5.11 Å². The molecule has 0 unspecified atom stereocenters. The SMILES string of the molecule is CC(C)CS(=O)(=O)C1(C(=O)O)CCC1. The molecule has 4 nitrogen and oxygen atoms in total. The maximum Gasteiger partial charge on any atom is 0.325 e. The number of carboxylic acids is 1. The molecule has 0 bridgehead atoms. The zero-order chi connectivity index (χ0) is 11.0. The van der Waals surface area contributed by atoms with Crippen LogP contribution in [0.5, 0.6) is 0 Å². The van der Waals surface area contributed by atoms with Gasteiger partial charge in [-0.05, 0) is 25.2 Å². The lowest BCUT2D eigenvalue weighted by Gasteiger charge is -2.37. The molecule has 0 aliphatic heterocycles. The molecular weight excluding hydrogens is 204 g/mol. The Labute approximate surface area is 84.2 Å². The van der Waals surface area contributed by atoms with Crippen LogP contribution in [0, 0.1) is 5.92 Å². The molecule has 0 aromatic heterocycles. The molecule has 0 spiro atoms. The zero-order valence-corrected chi connectivity index (χ0v) is 9.30. The van der Waals surface area contributed by atoms with E-state index in [4.69, 9.17) is 5.11 Å². The summed E-state index contributed by atoms with van der Waals surface area (Å²) in [4.78, 5) is 11.0.